The van der Waals surface area contributed by atoms with Crippen molar-refractivity contribution in [3.8, 4) is 0 Å². The van der Waals surface area contributed by atoms with Crippen molar-refractivity contribution in [2.24, 2.45) is 5.41 Å². The summed E-state index contributed by atoms with van der Waals surface area (Å²) >= 11 is 0. The smallest absolute Gasteiger partial charge is 0.290 e. The van der Waals surface area contributed by atoms with Gasteiger partial charge in [-0.05, 0) is 0 Å². The first-order valence-corrected chi connectivity index (χ1v) is 3.18. The molecular formula is C7H8F3O2. The summed E-state index contributed by atoms with van der Waals surface area (Å²) in [4.78, 5) is 20.4. The number of Topliss-reactive ketones (excluding diaryl/α,β-unsaturated/α-hetero) is 1. The maximum absolute atomic E-state index is 11.6. The average molecular weight is 181 g/mol. The van der Waals surface area contributed by atoms with Crippen molar-refractivity contribution in [3.63, 3.8) is 0 Å². The lowest BCUT2D eigenvalue weighted by atomic mass is 9.89. The van der Waals surface area contributed by atoms with Crippen molar-refractivity contribution in [2.75, 3.05) is 0 Å². The third-order valence-corrected chi connectivity index (χ3v) is 1.19. The fraction of sp³-hybridized carbons (Fsp3) is 0.714. The molecule has 0 aliphatic rings. The lowest BCUT2D eigenvalue weighted by Crippen LogP contribution is -2.29. The molecule has 0 aliphatic heterocycles. The highest BCUT2D eigenvalue weighted by molar-refractivity contribution is 5.87. The zero-order chi connectivity index (χ0) is 9.99. The largest absolute Gasteiger partial charge is 0.450 e. The second-order valence-corrected chi connectivity index (χ2v) is 3.08. The lowest BCUT2D eigenvalue weighted by molar-refractivity contribution is -0.172. The van der Waals surface area contributed by atoms with Gasteiger partial charge in [0.15, 0.2) is 0 Å². The van der Waals surface area contributed by atoms with E-state index < -0.39 is 23.8 Å². The number of alkyl halides is 3. The van der Waals surface area contributed by atoms with E-state index in [0.717, 1.165) is 0 Å². The van der Waals surface area contributed by atoms with E-state index in [1.54, 1.807) is 0 Å². The van der Waals surface area contributed by atoms with Crippen molar-refractivity contribution in [1.29, 1.82) is 0 Å². The van der Waals surface area contributed by atoms with Crippen LogP contribution in [0.1, 0.15) is 20.3 Å². The Kier molecular flexibility index (Phi) is 3.01. The molecule has 0 aromatic carbocycles. The van der Waals surface area contributed by atoms with Gasteiger partial charge in [-0.2, -0.15) is 13.2 Å². The van der Waals surface area contributed by atoms with Crippen molar-refractivity contribution in [2.45, 2.75) is 26.4 Å². The molecule has 5 heteroatoms. The highest BCUT2D eigenvalue weighted by Gasteiger charge is 2.41. The van der Waals surface area contributed by atoms with Gasteiger partial charge in [-0.1, -0.05) is 13.8 Å². The molecule has 69 valence electrons. The van der Waals surface area contributed by atoms with Gasteiger partial charge in [0.1, 0.15) is 0 Å². The summed E-state index contributed by atoms with van der Waals surface area (Å²) in [5.74, 6) is -1.89. The Morgan fingerprint density at radius 1 is 1.33 bits per heavy atom. The van der Waals surface area contributed by atoms with Crippen LogP contribution in [0, 0.1) is 5.41 Å². The number of carbonyl (C=O) groups excluding carboxylic acids is 2. The van der Waals surface area contributed by atoms with Gasteiger partial charge in [0.05, 0.1) is 0 Å². The Labute approximate surface area is 67.7 Å². The van der Waals surface area contributed by atoms with Gasteiger partial charge in [-0.3, -0.25) is 9.59 Å². The molecule has 0 rings (SSSR count). The molecule has 0 atom stereocenters. The molecular weight excluding hydrogens is 173 g/mol. The molecule has 0 fully saturated rings. The van der Waals surface area contributed by atoms with Crippen molar-refractivity contribution >= 4 is 12.1 Å². The third kappa shape index (κ3) is 3.50. The van der Waals surface area contributed by atoms with Gasteiger partial charge >= 0.3 is 6.18 Å². The van der Waals surface area contributed by atoms with Crippen LogP contribution in [0.2, 0.25) is 0 Å². The summed E-state index contributed by atoms with van der Waals surface area (Å²) in [7, 11) is 0. The topological polar surface area (TPSA) is 34.1 Å². The van der Waals surface area contributed by atoms with Gasteiger partial charge in [0.25, 0.3) is 0 Å². The molecule has 0 saturated heterocycles. The molecule has 0 unspecified atom stereocenters. The third-order valence-electron chi connectivity index (χ3n) is 1.19. The lowest BCUT2D eigenvalue weighted by Gasteiger charge is -2.15. The van der Waals surface area contributed by atoms with Crippen LogP contribution in [-0.2, 0) is 9.59 Å². The fourth-order valence-corrected chi connectivity index (χ4v) is 0.538. The van der Waals surface area contributed by atoms with Crippen LogP contribution in [0.4, 0.5) is 13.2 Å². The van der Waals surface area contributed by atoms with E-state index in [-0.39, 0.29) is 0 Å². The Balaban J connectivity index is 4.29. The molecule has 12 heavy (non-hydrogen) atoms. The van der Waals surface area contributed by atoms with E-state index in [1.807, 2.05) is 0 Å². The molecule has 0 spiro atoms. The minimum absolute atomic E-state index is 0.847. The minimum Gasteiger partial charge on any atom is -0.290 e. The molecule has 2 nitrogen and oxygen atoms in total. The van der Waals surface area contributed by atoms with E-state index in [2.05, 4.69) is 0 Å². The molecule has 1 radical (unpaired) electrons. The summed E-state index contributed by atoms with van der Waals surface area (Å²) in [6.45, 7) is 2.45. The number of hydrogen-bond acceptors (Lipinski definition) is 2. The highest BCUT2D eigenvalue weighted by Crippen LogP contribution is 2.25. The van der Waals surface area contributed by atoms with E-state index >= 15 is 0 Å². The Bertz CT molecular complexity index is 193. The fourth-order valence-electron chi connectivity index (χ4n) is 0.538. The Morgan fingerprint density at radius 3 is 2.00 bits per heavy atom. The van der Waals surface area contributed by atoms with Crippen LogP contribution in [0.5, 0.6) is 0 Å². The van der Waals surface area contributed by atoms with Gasteiger partial charge in [-0.15, -0.1) is 0 Å². The summed E-state index contributed by atoms with van der Waals surface area (Å²) in [6, 6.07) is 0. The number of hydrogen-bond donors (Lipinski definition) is 0. The summed E-state index contributed by atoms with van der Waals surface area (Å²) in [6.07, 6.45) is -4.33. The molecule has 0 bridgehead atoms. The van der Waals surface area contributed by atoms with Crippen LogP contribution < -0.4 is 0 Å². The molecule has 0 N–H and O–H groups in total. The van der Waals surface area contributed by atoms with Gasteiger partial charge in [-0.25, -0.2) is 0 Å². The number of halogens is 3. The molecule has 0 heterocycles. The maximum Gasteiger partial charge on any atom is 0.450 e. The van der Waals surface area contributed by atoms with E-state index in [0.29, 0.717) is 0 Å². The standard InChI is InChI=1S/C7H8F3O2/c1-6(2,4-11)3-5(12)7(8,9)10/h3H2,1-2H3. The molecule has 0 aromatic heterocycles. The highest BCUT2D eigenvalue weighted by atomic mass is 19.4. The normalized spacial score (nSPS) is 12.8. The number of rotatable bonds is 3. The van der Waals surface area contributed by atoms with Crippen LogP contribution in [0.25, 0.3) is 0 Å². The Morgan fingerprint density at radius 2 is 1.75 bits per heavy atom. The predicted molar refractivity (Wildman–Crippen MR) is 35.2 cm³/mol. The SMILES string of the molecule is CC(C)([C]=O)CC(=O)C(F)(F)F. The Hall–Kier alpha value is -0.870. The quantitative estimate of drug-likeness (QED) is 0.663. The van der Waals surface area contributed by atoms with Crippen LogP contribution in [-0.4, -0.2) is 18.2 Å². The van der Waals surface area contributed by atoms with Crippen molar-refractivity contribution < 1.29 is 22.8 Å². The molecule has 0 amide bonds. The molecule has 0 saturated carbocycles. The first-order valence-electron chi connectivity index (χ1n) is 3.18. The number of ketones is 1. The second kappa shape index (κ2) is 3.25. The summed E-state index contributed by atoms with van der Waals surface area (Å²) < 4.78 is 34.9. The van der Waals surface area contributed by atoms with Gasteiger partial charge in [0.2, 0.25) is 12.1 Å². The van der Waals surface area contributed by atoms with Crippen LogP contribution in [0.15, 0.2) is 0 Å². The van der Waals surface area contributed by atoms with Crippen molar-refractivity contribution in [1.82, 2.24) is 0 Å². The van der Waals surface area contributed by atoms with Gasteiger partial charge < -0.3 is 0 Å². The first kappa shape index (κ1) is 11.1. The summed E-state index contributed by atoms with van der Waals surface area (Å²) in [5, 5.41) is 0. The van der Waals surface area contributed by atoms with Crippen LogP contribution >= 0.6 is 0 Å². The number of carbonyl (C=O) groups is 1. The van der Waals surface area contributed by atoms with E-state index in [4.69, 9.17) is 0 Å². The van der Waals surface area contributed by atoms with E-state index in [1.165, 1.54) is 20.1 Å². The zero-order valence-electron chi connectivity index (χ0n) is 6.66. The monoisotopic (exact) mass is 181 g/mol. The zero-order valence-corrected chi connectivity index (χ0v) is 6.66. The van der Waals surface area contributed by atoms with Crippen LogP contribution in [0.3, 0.4) is 0 Å². The summed E-state index contributed by atoms with van der Waals surface area (Å²) in [5.41, 5.74) is -1.35. The van der Waals surface area contributed by atoms with E-state index in [9.17, 15) is 22.8 Å². The second-order valence-electron chi connectivity index (χ2n) is 3.08. The minimum atomic E-state index is -4.85. The molecule has 0 aromatic rings. The first-order chi connectivity index (χ1) is 5.19. The van der Waals surface area contributed by atoms with Crippen molar-refractivity contribution in [3.05, 3.63) is 0 Å². The average Bonchev–Trinajstić information content (AvgIpc) is 1.85. The van der Waals surface area contributed by atoms with Gasteiger partial charge in [0, 0.05) is 11.8 Å². The predicted octanol–water partition coefficient (Wildman–Crippen LogP) is 1.64. The maximum atomic E-state index is 11.6. The molecule has 0 aliphatic carbocycles.